The number of benzene rings is 1. The summed E-state index contributed by atoms with van der Waals surface area (Å²) >= 11 is 0. The smallest absolute Gasteiger partial charge is 0.334 e. The molecule has 0 bridgehead atoms. The van der Waals surface area contributed by atoms with Gasteiger partial charge in [-0.1, -0.05) is 0 Å². The molecule has 1 heterocycles. The lowest BCUT2D eigenvalue weighted by molar-refractivity contribution is 0.0737. The van der Waals surface area contributed by atoms with Gasteiger partial charge in [0.15, 0.2) is 0 Å². The zero-order valence-corrected chi connectivity index (χ0v) is 14.2. The number of nitrogens with zero attached hydrogens (tertiary/aromatic N) is 1. The first-order valence-electron chi connectivity index (χ1n) is 6.95. The van der Waals surface area contributed by atoms with Crippen molar-refractivity contribution in [1.82, 2.24) is 10.2 Å². The standard InChI is InChI=1S/C14H18F2N2O3S.ClH/c1-17-9-11-3-2-8-18(11)13(19)10-4-6-12(7-5-10)22(20,21)14(15)16;/h4-7,11,14,17H,2-3,8-9H2,1H3;1H. The lowest BCUT2D eigenvalue weighted by atomic mass is 10.1. The minimum Gasteiger partial charge on any atom is -0.334 e. The highest BCUT2D eigenvalue weighted by molar-refractivity contribution is 7.91. The van der Waals surface area contributed by atoms with Crippen molar-refractivity contribution in [2.45, 2.75) is 29.5 Å². The summed E-state index contributed by atoms with van der Waals surface area (Å²) in [6.45, 7) is 1.33. The first kappa shape index (κ1) is 19.8. The van der Waals surface area contributed by atoms with Crippen molar-refractivity contribution >= 4 is 28.2 Å². The van der Waals surface area contributed by atoms with E-state index in [1.807, 2.05) is 7.05 Å². The summed E-state index contributed by atoms with van der Waals surface area (Å²) < 4.78 is 47.6. The van der Waals surface area contributed by atoms with Gasteiger partial charge in [0.05, 0.1) is 4.90 Å². The molecule has 1 unspecified atom stereocenters. The van der Waals surface area contributed by atoms with E-state index < -0.39 is 20.5 Å². The normalized spacial score (nSPS) is 18.1. The molecule has 0 aromatic heterocycles. The summed E-state index contributed by atoms with van der Waals surface area (Å²) in [5.74, 6) is -3.67. The molecule has 0 radical (unpaired) electrons. The predicted molar refractivity (Wildman–Crippen MR) is 84.9 cm³/mol. The third-order valence-electron chi connectivity index (χ3n) is 3.74. The van der Waals surface area contributed by atoms with E-state index >= 15 is 0 Å². The summed E-state index contributed by atoms with van der Waals surface area (Å²) in [6, 6.07) is 4.77. The van der Waals surface area contributed by atoms with Crippen LogP contribution in [-0.4, -0.2) is 51.2 Å². The maximum absolute atomic E-state index is 12.5. The number of alkyl halides is 2. The minimum atomic E-state index is -4.63. The van der Waals surface area contributed by atoms with Crippen molar-refractivity contribution in [2.75, 3.05) is 20.1 Å². The number of carbonyl (C=O) groups excluding carboxylic acids is 1. The molecule has 1 aromatic carbocycles. The van der Waals surface area contributed by atoms with Gasteiger partial charge in [-0.05, 0) is 44.2 Å². The Balaban J connectivity index is 0.00000264. The summed E-state index contributed by atoms with van der Waals surface area (Å²) in [5.41, 5.74) is 0.302. The molecule has 9 heteroatoms. The van der Waals surface area contributed by atoms with Crippen LogP contribution >= 0.6 is 12.4 Å². The van der Waals surface area contributed by atoms with E-state index in [4.69, 9.17) is 0 Å². The van der Waals surface area contributed by atoms with Crippen molar-refractivity contribution in [3.63, 3.8) is 0 Å². The maximum Gasteiger partial charge on any atom is 0.341 e. The number of nitrogens with one attached hydrogen (secondary N) is 1. The maximum atomic E-state index is 12.5. The fraction of sp³-hybridized carbons (Fsp3) is 0.500. The summed E-state index contributed by atoms with van der Waals surface area (Å²) in [6.07, 6.45) is 1.82. The van der Waals surface area contributed by atoms with Gasteiger partial charge < -0.3 is 10.2 Å². The Kier molecular flexibility index (Phi) is 6.91. The highest BCUT2D eigenvalue weighted by Gasteiger charge is 2.30. The van der Waals surface area contributed by atoms with Crippen LogP contribution in [0.2, 0.25) is 0 Å². The fourth-order valence-corrected chi connectivity index (χ4v) is 3.33. The number of sulfone groups is 1. The SMILES string of the molecule is CNCC1CCCN1C(=O)c1ccc(S(=O)(=O)C(F)F)cc1.Cl. The van der Waals surface area contributed by atoms with Crippen LogP contribution < -0.4 is 5.32 Å². The van der Waals surface area contributed by atoms with E-state index in [0.29, 0.717) is 18.7 Å². The molecule has 1 saturated heterocycles. The van der Waals surface area contributed by atoms with E-state index in [0.717, 1.165) is 25.0 Å². The third-order valence-corrected chi connectivity index (χ3v) is 5.14. The largest absolute Gasteiger partial charge is 0.341 e. The van der Waals surface area contributed by atoms with E-state index in [1.165, 1.54) is 12.1 Å². The molecule has 5 nitrogen and oxygen atoms in total. The first-order chi connectivity index (χ1) is 10.4. The van der Waals surface area contributed by atoms with E-state index in [1.54, 1.807) is 4.90 Å². The fourth-order valence-electron chi connectivity index (χ4n) is 2.61. The molecular weight excluding hydrogens is 350 g/mol. The van der Waals surface area contributed by atoms with Crippen molar-refractivity contribution in [3.8, 4) is 0 Å². The molecule has 2 rings (SSSR count). The highest BCUT2D eigenvalue weighted by atomic mass is 35.5. The van der Waals surface area contributed by atoms with Gasteiger partial charge in [0, 0.05) is 24.7 Å². The van der Waals surface area contributed by atoms with Crippen LogP contribution in [0.3, 0.4) is 0 Å². The molecule has 0 saturated carbocycles. The summed E-state index contributed by atoms with van der Waals surface area (Å²) in [7, 11) is -2.82. The number of amides is 1. The van der Waals surface area contributed by atoms with Gasteiger partial charge in [-0.3, -0.25) is 4.79 Å². The van der Waals surface area contributed by atoms with Crippen molar-refractivity contribution in [3.05, 3.63) is 29.8 Å². The van der Waals surface area contributed by atoms with Gasteiger partial charge in [-0.2, -0.15) is 8.78 Å². The van der Waals surface area contributed by atoms with Crippen molar-refractivity contribution in [2.24, 2.45) is 0 Å². The van der Waals surface area contributed by atoms with Gasteiger partial charge in [0.25, 0.3) is 5.91 Å². The Morgan fingerprint density at radius 3 is 2.48 bits per heavy atom. The summed E-state index contributed by atoms with van der Waals surface area (Å²) in [5, 5.41) is 3.03. The molecule has 1 aliphatic heterocycles. The number of hydrogen-bond donors (Lipinski definition) is 1. The Morgan fingerprint density at radius 1 is 1.35 bits per heavy atom. The van der Waals surface area contributed by atoms with E-state index in [9.17, 15) is 22.0 Å². The Labute approximate surface area is 140 Å². The molecule has 0 aliphatic carbocycles. The number of carbonyl (C=O) groups is 1. The quantitative estimate of drug-likeness (QED) is 0.862. The second-order valence-electron chi connectivity index (χ2n) is 5.18. The molecule has 1 atom stereocenters. The Morgan fingerprint density at radius 2 is 1.96 bits per heavy atom. The average molecular weight is 369 g/mol. The van der Waals surface area contributed by atoms with Crippen LogP contribution in [0, 0.1) is 0 Å². The number of halogens is 3. The Bertz CT molecular complexity index is 638. The van der Waals surface area contributed by atoms with Crippen molar-refractivity contribution < 1.29 is 22.0 Å². The van der Waals surface area contributed by atoms with E-state index in [-0.39, 0.29) is 24.4 Å². The highest BCUT2D eigenvalue weighted by Crippen LogP contribution is 2.22. The van der Waals surface area contributed by atoms with Gasteiger partial charge in [0.1, 0.15) is 0 Å². The number of rotatable bonds is 5. The lowest BCUT2D eigenvalue weighted by Crippen LogP contribution is -2.40. The zero-order chi connectivity index (χ0) is 16.3. The average Bonchev–Trinajstić information content (AvgIpc) is 2.95. The van der Waals surface area contributed by atoms with Crippen LogP contribution in [0.4, 0.5) is 8.78 Å². The second kappa shape index (κ2) is 8.03. The van der Waals surface area contributed by atoms with Crippen LogP contribution in [0.15, 0.2) is 29.2 Å². The predicted octanol–water partition coefficient (Wildman–Crippen LogP) is 1.93. The molecule has 1 aromatic rings. The molecule has 1 N–H and O–H groups in total. The van der Waals surface area contributed by atoms with Crippen LogP contribution in [0.25, 0.3) is 0 Å². The first-order valence-corrected chi connectivity index (χ1v) is 8.50. The molecular formula is C14H19ClF2N2O3S. The molecule has 23 heavy (non-hydrogen) atoms. The lowest BCUT2D eigenvalue weighted by Gasteiger charge is -2.24. The second-order valence-corrected chi connectivity index (χ2v) is 7.10. The number of likely N-dealkylation sites (tertiary alicyclic amines) is 1. The number of hydrogen-bond acceptors (Lipinski definition) is 4. The molecule has 1 amide bonds. The van der Waals surface area contributed by atoms with Gasteiger partial charge in [0.2, 0.25) is 9.84 Å². The molecule has 130 valence electrons. The molecule has 1 aliphatic rings. The molecule has 0 spiro atoms. The van der Waals surface area contributed by atoms with Gasteiger partial charge >= 0.3 is 5.76 Å². The summed E-state index contributed by atoms with van der Waals surface area (Å²) in [4.78, 5) is 13.7. The third kappa shape index (κ3) is 4.19. The van der Waals surface area contributed by atoms with Crippen LogP contribution in [-0.2, 0) is 9.84 Å². The molecule has 1 fully saturated rings. The van der Waals surface area contributed by atoms with E-state index in [2.05, 4.69) is 5.32 Å². The zero-order valence-electron chi connectivity index (χ0n) is 12.5. The van der Waals surface area contributed by atoms with Crippen LogP contribution in [0.1, 0.15) is 23.2 Å². The monoisotopic (exact) mass is 368 g/mol. The topological polar surface area (TPSA) is 66.5 Å². The van der Waals surface area contributed by atoms with Gasteiger partial charge in [-0.15, -0.1) is 12.4 Å². The van der Waals surface area contributed by atoms with Crippen LogP contribution in [0.5, 0.6) is 0 Å². The minimum absolute atomic E-state index is 0. The number of likely N-dealkylation sites (N-methyl/N-ethyl adjacent to an activating group) is 1. The van der Waals surface area contributed by atoms with Crippen molar-refractivity contribution in [1.29, 1.82) is 0 Å². The Hall–Kier alpha value is -1.25. The van der Waals surface area contributed by atoms with Gasteiger partial charge in [-0.25, -0.2) is 8.42 Å².